The summed E-state index contributed by atoms with van der Waals surface area (Å²) in [6.07, 6.45) is 0.924. The van der Waals surface area contributed by atoms with Gasteiger partial charge in [0.05, 0.1) is 12.2 Å². The van der Waals surface area contributed by atoms with Crippen LogP contribution in [0.2, 0.25) is 0 Å². The number of carbonyl (C=O) groups is 2. The van der Waals surface area contributed by atoms with E-state index >= 15 is 0 Å². The molecule has 7 heteroatoms. The summed E-state index contributed by atoms with van der Waals surface area (Å²) in [5, 5.41) is 8.27. The first-order valence-corrected chi connectivity index (χ1v) is 7.69. The third-order valence-electron chi connectivity index (χ3n) is 4.38. The predicted molar refractivity (Wildman–Crippen MR) is 84.8 cm³/mol. The molecule has 0 bridgehead atoms. The minimum atomic E-state index is -0.865. The fourth-order valence-corrected chi connectivity index (χ4v) is 3.23. The Morgan fingerprint density at radius 1 is 1.17 bits per heavy atom. The topological polar surface area (TPSA) is 76.8 Å². The molecule has 2 aliphatic heterocycles. The van der Waals surface area contributed by atoms with Gasteiger partial charge in [-0.1, -0.05) is 35.5 Å². The van der Waals surface area contributed by atoms with E-state index in [1.165, 1.54) is 4.90 Å². The molecule has 1 aromatic carbocycles. The van der Waals surface area contributed by atoms with Crippen LogP contribution in [0.3, 0.4) is 0 Å². The number of rotatable bonds is 3. The van der Waals surface area contributed by atoms with Crippen LogP contribution >= 0.6 is 0 Å². The van der Waals surface area contributed by atoms with Crippen LogP contribution in [0.15, 0.2) is 41.7 Å². The third kappa shape index (κ3) is 2.12. The molecule has 2 atom stereocenters. The van der Waals surface area contributed by atoms with Gasteiger partial charge in [-0.3, -0.25) is 19.2 Å². The van der Waals surface area contributed by atoms with Crippen molar-refractivity contribution in [2.45, 2.75) is 19.6 Å². The van der Waals surface area contributed by atoms with E-state index in [2.05, 4.69) is 10.3 Å². The quantitative estimate of drug-likeness (QED) is 0.790. The number of imide groups is 1. The highest BCUT2D eigenvalue weighted by molar-refractivity contribution is 6.23. The number of aromatic nitrogens is 2. The Hall–Kier alpha value is -2.96. The van der Waals surface area contributed by atoms with Crippen LogP contribution in [0.25, 0.3) is 0 Å². The fraction of sp³-hybridized carbons (Fsp3) is 0.294. The molecule has 1 saturated heterocycles. The second kappa shape index (κ2) is 5.30. The Kier molecular flexibility index (Phi) is 3.23. The number of carbonyl (C=O) groups excluding carboxylic acids is 2. The molecule has 2 amide bonds. The summed E-state index contributed by atoms with van der Waals surface area (Å²) in [6.45, 7) is 2.09. The summed E-state index contributed by atoms with van der Waals surface area (Å²) in [7, 11) is 1.80. The van der Waals surface area contributed by atoms with Crippen molar-refractivity contribution in [1.82, 2.24) is 14.7 Å². The number of hydrogen-bond donors (Lipinski definition) is 0. The molecule has 0 radical (unpaired) electrons. The van der Waals surface area contributed by atoms with Crippen molar-refractivity contribution in [3.05, 3.63) is 53.3 Å². The van der Waals surface area contributed by atoms with Gasteiger partial charge in [0, 0.05) is 18.8 Å². The van der Waals surface area contributed by atoms with E-state index < -0.39 is 12.0 Å². The van der Waals surface area contributed by atoms with Crippen molar-refractivity contribution in [2.75, 3.05) is 0 Å². The average Bonchev–Trinajstić information content (AvgIpc) is 3.20. The second-order valence-electron chi connectivity index (χ2n) is 6.03. The summed E-state index contributed by atoms with van der Waals surface area (Å²) >= 11 is 0. The molecule has 0 N–H and O–H groups in total. The van der Waals surface area contributed by atoms with Gasteiger partial charge in [-0.2, -0.15) is 5.10 Å². The van der Waals surface area contributed by atoms with Gasteiger partial charge in [0.1, 0.15) is 11.6 Å². The first kappa shape index (κ1) is 14.6. The van der Waals surface area contributed by atoms with E-state index in [1.807, 2.05) is 37.3 Å². The number of amides is 2. The molecule has 122 valence electrons. The molecule has 0 unspecified atom stereocenters. The zero-order valence-electron chi connectivity index (χ0n) is 13.3. The van der Waals surface area contributed by atoms with Crippen LogP contribution < -0.4 is 0 Å². The second-order valence-corrected chi connectivity index (χ2v) is 6.03. The van der Waals surface area contributed by atoms with Crippen LogP contribution in [-0.2, 0) is 28.0 Å². The van der Waals surface area contributed by atoms with Crippen molar-refractivity contribution in [2.24, 2.45) is 18.1 Å². The molecule has 2 aliphatic rings. The van der Waals surface area contributed by atoms with Crippen LogP contribution in [0.1, 0.15) is 16.8 Å². The third-order valence-corrected chi connectivity index (χ3v) is 4.38. The van der Waals surface area contributed by atoms with E-state index in [1.54, 1.807) is 17.9 Å². The Morgan fingerprint density at radius 3 is 2.58 bits per heavy atom. The number of nitrogens with zero attached hydrogens (tertiary/aromatic N) is 4. The number of benzene rings is 1. The molecule has 0 aliphatic carbocycles. The summed E-state index contributed by atoms with van der Waals surface area (Å²) < 4.78 is 1.66. The first-order chi connectivity index (χ1) is 11.6. The van der Waals surface area contributed by atoms with Crippen molar-refractivity contribution in [3.63, 3.8) is 0 Å². The maximum atomic E-state index is 12.8. The van der Waals surface area contributed by atoms with Crippen molar-refractivity contribution in [1.29, 1.82) is 0 Å². The number of fused-ring (bicyclic) bond motifs is 1. The van der Waals surface area contributed by atoms with Crippen molar-refractivity contribution < 1.29 is 14.4 Å². The zero-order chi connectivity index (χ0) is 16.8. The van der Waals surface area contributed by atoms with Gasteiger partial charge in [0.2, 0.25) is 12.0 Å². The largest absolute Gasteiger partial charge is 0.381 e. The zero-order valence-corrected chi connectivity index (χ0v) is 13.3. The van der Waals surface area contributed by atoms with Gasteiger partial charge < -0.3 is 4.84 Å². The highest BCUT2D eigenvalue weighted by atomic mass is 16.6. The van der Waals surface area contributed by atoms with E-state index in [9.17, 15) is 9.59 Å². The summed E-state index contributed by atoms with van der Waals surface area (Å²) in [5.41, 5.74) is 2.88. The molecular formula is C17H16N4O3. The summed E-state index contributed by atoms with van der Waals surface area (Å²) in [6, 6.07) is 9.42. The Balaban J connectivity index is 1.64. The first-order valence-electron chi connectivity index (χ1n) is 7.69. The molecular weight excluding hydrogens is 308 g/mol. The highest BCUT2D eigenvalue weighted by Gasteiger charge is 2.55. The van der Waals surface area contributed by atoms with Gasteiger partial charge in [-0.05, 0) is 12.5 Å². The number of aryl methyl sites for hydroxylation is 2. The smallest absolute Gasteiger partial charge is 0.274 e. The van der Waals surface area contributed by atoms with Crippen molar-refractivity contribution >= 4 is 17.5 Å². The van der Waals surface area contributed by atoms with Crippen LogP contribution in [0.4, 0.5) is 0 Å². The molecule has 1 aromatic heterocycles. The van der Waals surface area contributed by atoms with Gasteiger partial charge in [0.15, 0.2) is 0 Å². The molecule has 0 saturated carbocycles. The monoisotopic (exact) mass is 324 g/mol. The van der Waals surface area contributed by atoms with Crippen LogP contribution in [-0.4, -0.2) is 38.3 Å². The van der Waals surface area contributed by atoms with Crippen molar-refractivity contribution in [3.8, 4) is 0 Å². The minimum absolute atomic E-state index is 0.244. The number of likely N-dealkylation sites (tertiary alicyclic amines) is 1. The Labute approximate surface area is 138 Å². The fourth-order valence-electron chi connectivity index (χ4n) is 3.23. The van der Waals surface area contributed by atoms with Gasteiger partial charge in [0.25, 0.3) is 5.91 Å². The number of hydrogen-bond acceptors (Lipinski definition) is 5. The van der Waals surface area contributed by atoms with E-state index in [-0.39, 0.29) is 18.4 Å². The number of oxime groups is 1. The SMILES string of the molecule is Cc1nn(C)cc1C1=NO[C@H]2C(=O)N(Cc3ccccc3)C(=O)[C@H]12. The normalized spacial score (nSPS) is 22.6. The van der Waals surface area contributed by atoms with Crippen LogP contribution in [0, 0.1) is 12.8 Å². The lowest BCUT2D eigenvalue weighted by molar-refractivity contribution is -0.142. The molecule has 1 fully saturated rings. The lowest BCUT2D eigenvalue weighted by Crippen LogP contribution is -2.32. The molecule has 0 spiro atoms. The molecule has 4 rings (SSSR count). The molecule has 24 heavy (non-hydrogen) atoms. The average molecular weight is 324 g/mol. The van der Waals surface area contributed by atoms with E-state index in [0.717, 1.165) is 16.8 Å². The van der Waals surface area contributed by atoms with Gasteiger partial charge >= 0.3 is 0 Å². The maximum Gasteiger partial charge on any atom is 0.274 e. The molecule has 3 heterocycles. The Bertz CT molecular complexity index is 856. The van der Waals surface area contributed by atoms with E-state index in [4.69, 9.17) is 4.84 Å². The lowest BCUT2D eigenvalue weighted by Gasteiger charge is -2.15. The van der Waals surface area contributed by atoms with Gasteiger partial charge in [-0.25, -0.2) is 0 Å². The Morgan fingerprint density at radius 2 is 1.92 bits per heavy atom. The van der Waals surface area contributed by atoms with Gasteiger partial charge in [-0.15, -0.1) is 0 Å². The predicted octanol–water partition coefficient (Wildman–Crippen LogP) is 1.02. The highest BCUT2D eigenvalue weighted by Crippen LogP contribution is 2.33. The van der Waals surface area contributed by atoms with E-state index in [0.29, 0.717) is 5.71 Å². The maximum absolute atomic E-state index is 12.8. The minimum Gasteiger partial charge on any atom is -0.381 e. The molecule has 2 aromatic rings. The lowest BCUT2D eigenvalue weighted by atomic mass is 9.94. The standard InChI is InChI=1S/C17H16N4O3/c1-10-12(9-20(2)18-10)14-13-15(24-19-14)17(23)21(16(13)22)8-11-6-4-3-5-7-11/h3-7,9,13,15H,8H2,1-2H3/t13-,15-/m1/s1. The summed E-state index contributed by atoms with van der Waals surface area (Å²) in [5.74, 6) is -1.30. The summed E-state index contributed by atoms with van der Waals surface area (Å²) in [4.78, 5) is 31.9. The molecule has 7 nitrogen and oxygen atoms in total. The van der Waals surface area contributed by atoms with Crippen LogP contribution in [0.5, 0.6) is 0 Å².